The molecule has 0 saturated heterocycles. The van der Waals surface area contributed by atoms with E-state index in [0.29, 0.717) is 6.42 Å². The van der Waals surface area contributed by atoms with Gasteiger partial charge in [0.15, 0.2) is 0 Å². The number of rotatable bonds is 5. The van der Waals surface area contributed by atoms with Crippen molar-refractivity contribution >= 4 is 0 Å². The average molecular weight is 169 g/mol. The number of ether oxygens (including phenoxy) is 1. The van der Waals surface area contributed by atoms with Crippen molar-refractivity contribution in [2.75, 3.05) is 13.7 Å². The fraction of sp³-hybridized carbons (Fsp3) is 0.800. The standard InChI is InChI=1S/C10H19NO/c1-6-8-9(11-7-2)10(3,4)12-5/h1,9,11H,7-8H2,2-5H3. The molecule has 0 heterocycles. The number of terminal acetylenes is 1. The van der Waals surface area contributed by atoms with Gasteiger partial charge in [-0.15, -0.1) is 12.3 Å². The number of methoxy groups -OCH3 is 1. The second kappa shape index (κ2) is 5.18. The van der Waals surface area contributed by atoms with Gasteiger partial charge >= 0.3 is 0 Å². The van der Waals surface area contributed by atoms with Crippen LogP contribution in [0.3, 0.4) is 0 Å². The highest BCUT2D eigenvalue weighted by atomic mass is 16.5. The van der Waals surface area contributed by atoms with E-state index in [0.717, 1.165) is 6.54 Å². The molecule has 0 aliphatic heterocycles. The lowest BCUT2D eigenvalue weighted by atomic mass is 9.96. The van der Waals surface area contributed by atoms with E-state index in [1.165, 1.54) is 0 Å². The zero-order chi connectivity index (χ0) is 9.61. The lowest BCUT2D eigenvalue weighted by Gasteiger charge is -2.32. The molecule has 1 N–H and O–H groups in total. The van der Waals surface area contributed by atoms with Crippen molar-refractivity contribution in [1.82, 2.24) is 5.32 Å². The van der Waals surface area contributed by atoms with Crippen LogP contribution >= 0.6 is 0 Å². The van der Waals surface area contributed by atoms with E-state index in [1.807, 2.05) is 13.8 Å². The lowest BCUT2D eigenvalue weighted by molar-refractivity contribution is -0.00827. The Hall–Kier alpha value is -0.520. The number of nitrogens with one attached hydrogen (secondary N) is 1. The van der Waals surface area contributed by atoms with Crippen molar-refractivity contribution in [2.45, 2.75) is 38.8 Å². The molecule has 0 fully saturated rings. The summed E-state index contributed by atoms with van der Waals surface area (Å²) in [6, 6.07) is 0.234. The Morgan fingerprint density at radius 2 is 2.17 bits per heavy atom. The second-order valence-electron chi connectivity index (χ2n) is 3.33. The molecule has 2 nitrogen and oxygen atoms in total. The molecule has 0 aromatic carbocycles. The van der Waals surface area contributed by atoms with Crippen LogP contribution in [0.15, 0.2) is 0 Å². The molecule has 0 aromatic heterocycles. The smallest absolute Gasteiger partial charge is 0.0784 e. The average Bonchev–Trinajstić information content (AvgIpc) is 2.04. The molecule has 0 amide bonds. The molecule has 12 heavy (non-hydrogen) atoms. The van der Waals surface area contributed by atoms with Gasteiger partial charge in [0.2, 0.25) is 0 Å². The summed E-state index contributed by atoms with van der Waals surface area (Å²) in [6.45, 7) is 7.06. The summed E-state index contributed by atoms with van der Waals surface area (Å²) in [4.78, 5) is 0. The highest BCUT2D eigenvalue weighted by Gasteiger charge is 2.27. The van der Waals surface area contributed by atoms with Gasteiger partial charge in [0.1, 0.15) is 0 Å². The van der Waals surface area contributed by atoms with Gasteiger partial charge in [-0.3, -0.25) is 0 Å². The van der Waals surface area contributed by atoms with Crippen LogP contribution in [0.4, 0.5) is 0 Å². The van der Waals surface area contributed by atoms with E-state index < -0.39 is 0 Å². The molecular formula is C10H19NO. The molecule has 0 spiro atoms. The van der Waals surface area contributed by atoms with Crippen LogP contribution < -0.4 is 5.32 Å². The lowest BCUT2D eigenvalue weighted by Crippen LogP contribution is -2.47. The molecule has 1 atom stereocenters. The third kappa shape index (κ3) is 3.25. The maximum Gasteiger partial charge on any atom is 0.0784 e. The fourth-order valence-corrected chi connectivity index (χ4v) is 1.07. The first-order valence-corrected chi connectivity index (χ1v) is 4.30. The van der Waals surface area contributed by atoms with Gasteiger partial charge in [-0.05, 0) is 20.4 Å². The maximum absolute atomic E-state index is 5.35. The molecule has 0 saturated carbocycles. The van der Waals surface area contributed by atoms with Crippen molar-refractivity contribution in [3.05, 3.63) is 0 Å². The molecule has 0 radical (unpaired) electrons. The van der Waals surface area contributed by atoms with Crippen LogP contribution in [0.5, 0.6) is 0 Å². The van der Waals surface area contributed by atoms with Crippen molar-refractivity contribution in [3.8, 4) is 12.3 Å². The molecule has 70 valence electrons. The van der Waals surface area contributed by atoms with Crippen LogP contribution in [0.1, 0.15) is 27.2 Å². The Morgan fingerprint density at radius 3 is 2.50 bits per heavy atom. The topological polar surface area (TPSA) is 21.3 Å². The Morgan fingerprint density at radius 1 is 1.58 bits per heavy atom. The quantitative estimate of drug-likeness (QED) is 0.628. The zero-order valence-electron chi connectivity index (χ0n) is 8.48. The first-order valence-electron chi connectivity index (χ1n) is 4.30. The van der Waals surface area contributed by atoms with Gasteiger partial charge in [-0.2, -0.15) is 0 Å². The van der Waals surface area contributed by atoms with Gasteiger partial charge in [0, 0.05) is 19.6 Å². The van der Waals surface area contributed by atoms with E-state index in [1.54, 1.807) is 7.11 Å². The third-order valence-corrected chi connectivity index (χ3v) is 2.14. The van der Waals surface area contributed by atoms with Crippen LogP contribution in [0, 0.1) is 12.3 Å². The monoisotopic (exact) mass is 169 g/mol. The van der Waals surface area contributed by atoms with Gasteiger partial charge in [-0.1, -0.05) is 6.92 Å². The summed E-state index contributed by atoms with van der Waals surface area (Å²) >= 11 is 0. The first kappa shape index (κ1) is 11.5. The Labute approximate surface area is 75.7 Å². The Bertz CT molecular complexity index is 158. The van der Waals surface area contributed by atoms with Gasteiger partial charge in [-0.25, -0.2) is 0 Å². The van der Waals surface area contributed by atoms with E-state index in [9.17, 15) is 0 Å². The summed E-state index contributed by atoms with van der Waals surface area (Å²) in [5, 5.41) is 3.31. The molecule has 0 aliphatic rings. The molecule has 0 bridgehead atoms. The molecule has 1 unspecified atom stereocenters. The van der Waals surface area contributed by atoms with E-state index in [4.69, 9.17) is 11.2 Å². The summed E-state index contributed by atoms with van der Waals surface area (Å²) in [7, 11) is 1.71. The minimum absolute atomic E-state index is 0.192. The Balaban J connectivity index is 4.19. The predicted molar refractivity (Wildman–Crippen MR) is 52.0 cm³/mol. The highest BCUT2D eigenvalue weighted by Crippen LogP contribution is 2.15. The molecule has 0 aromatic rings. The minimum atomic E-state index is -0.192. The molecular weight excluding hydrogens is 150 g/mol. The zero-order valence-corrected chi connectivity index (χ0v) is 8.48. The maximum atomic E-state index is 5.35. The number of likely N-dealkylation sites (N-methyl/N-ethyl adjacent to an activating group) is 1. The largest absolute Gasteiger partial charge is 0.377 e. The van der Waals surface area contributed by atoms with Crippen molar-refractivity contribution < 1.29 is 4.74 Å². The Kier molecular flexibility index (Phi) is 4.96. The third-order valence-electron chi connectivity index (χ3n) is 2.14. The van der Waals surface area contributed by atoms with Gasteiger partial charge < -0.3 is 10.1 Å². The second-order valence-corrected chi connectivity index (χ2v) is 3.33. The van der Waals surface area contributed by atoms with Crippen molar-refractivity contribution in [3.63, 3.8) is 0 Å². The summed E-state index contributed by atoms with van der Waals surface area (Å²) in [5.41, 5.74) is -0.192. The van der Waals surface area contributed by atoms with E-state index in [2.05, 4.69) is 18.2 Å². The first-order chi connectivity index (χ1) is 5.58. The van der Waals surface area contributed by atoms with Crippen molar-refractivity contribution in [1.29, 1.82) is 0 Å². The van der Waals surface area contributed by atoms with Crippen LogP contribution in [-0.4, -0.2) is 25.3 Å². The summed E-state index contributed by atoms with van der Waals surface area (Å²) in [5.74, 6) is 2.65. The molecule has 0 aliphatic carbocycles. The SMILES string of the molecule is C#CCC(NCC)C(C)(C)OC. The number of hydrogen-bond donors (Lipinski definition) is 1. The van der Waals surface area contributed by atoms with Crippen LogP contribution in [0.2, 0.25) is 0 Å². The van der Waals surface area contributed by atoms with E-state index in [-0.39, 0.29) is 11.6 Å². The summed E-state index contributed by atoms with van der Waals surface area (Å²) < 4.78 is 5.35. The molecule has 2 heteroatoms. The minimum Gasteiger partial charge on any atom is -0.377 e. The van der Waals surface area contributed by atoms with Crippen molar-refractivity contribution in [2.24, 2.45) is 0 Å². The predicted octanol–water partition coefficient (Wildman–Crippen LogP) is 1.41. The number of hydrogen-bond acceptors (Lipinski definition) is 2. The molecule has 0 rings (SSSR count). The fourth-order valence-electron chi connectivity index (χ4n) is 1.07. The summed E-state index contributed by atoms with van der Waals surface area (Å²) in [6.07, 6.45) is 5.97. The normalized spacial score (nSPS) is 13.9. The van der Waals surface area contributed by atoms with Crippen LogP contribution in [-0.2, 0) is 4.74 Å². The van der Waals surface area contributed by atoms with E-state index >= 15 is 0 Å². The van der Waals surface area contributed by atoms with Gasteiger partial charge in [0.05, 0.1) is 5.60 Å². The highest BCUT2D eigenvalue weighted by molar-refractivity contribution is 4.96. The van der Waals surface area contributed by atoms with Crippen LogP contribution in [0.25, 0.3) is 0 Å². The van der Waals surface area contributed by atoms with Gasteiger partial charge in [0.25, 0.3) is 0 Å².